The van der Waals surface area contributed by atoms with Crippen LogP contribution in [0, 0.1) is 0 Å². The lowest BCUT2D eigenvalue weighted by Gasteiger charge is -2.22. The Morgan fingerprint density at radius 2 is 1.87 bits per heavy atom. The minimum Gasteiger partial charge on any atom is -0.370 e. The predicted molar refractivity (Wildman–Crippen MR) is 94.4 cm³/mol. The highest BCUT2D eigenvalue weighted by atomic mass is 32.2. The molecule has 5 heteroatoms. The molecule has 4 rings (SSSR count). The number of fused-ring (bicyclic) bond motifs is 2. The summed E-state index contributed by atoms with van der Waals surface area (Å²) in [5.74, 6) is 0.832. The van der Waals surface area contributed by atoms with Crippen molar-refractivity contribution in [2.75, 3.05) is 17.3 Å². The zero-order valence-electron chi connectivity index (χ0n) is 12.7. The standard InChI is InChI=1S/C18H16N4S/c1-22(14-5-3-2-4-6-14)12-13-7-8-16-15(11-13)21-17-18(23-16)20-10-9-19-17/h2-11H,12H2,1H3,(H,19,21). The second kappa shape index (κ2) is 5.93. The van der Waals surface area contributed by atoms with Gasteiger partial charge < -0.3 is 10.2 Å². The molecular weight excluding hydrogens is 304 g/mol. The van der Waals surface area contributed by atoms with Crippen molar-refractivity contribution in [3.8, 4) is 0 Å². The van der Waals surface area contributed by atoms with Gasteiger partial charge >= 0.3 is 0 Å². The molecule has 23 heavy (non-hydrogen) atoms. The van der Waals surface area contributed by atoms with E-state index in [-0.39, 0.29) is 0 Å². The van der Waals surface area contributed by atoms with E-state index in [1.165, 1.54) is 16.1 Å². The molecule has 0 fully saturated rings. The summed E-state index contributed by atoms with van der Waals surface area (Å²) >= 11 is 1.66. The third-order valence-corrected chi connectivity index (χ3v) is 4.85. The molecule has 0 aliphatic carbocycles. The summed E-state index contributed by atoms with van der Waals surface area (Å²) in [6.07, 6.45) is 3.44. The van der Waals surface area contributed by atoms with Gasteiger partial charge in [-0.25, -0.2) is 9.97 Å². The molecule has 0 spiro atoms. The maximum atomic E-state index is 4.36. The smallest absolute Gasteiger partial charge is 0.163 e. The summed E-state index contributed by atoms with van der Waals surface area (Å²) in [7, 11) is 2.11. The number of nitrogens with zero attached hydrogens (tertiary/aromatic N) is 3. The highest BCUT2D eigenvalue weighted by Gasteiger charge is 2.17. The molecule has 0 saturated carbocycles. The van der Waals surface area contributed by atoms with E-state index >= 15 is 0 Å². The monoisotopic (exact) mass is 320 g/mol. The number of anilines is 3. The summed E-state index contributed by atoms with van der Waals surface area (Å²) < 4.78 is 0. The lowest BCUT2D eigenvalue weighted by atomic mass is 10.1. The van der Waals surface area contributed by atoms with Gasteiger partial charge in [0.05, 0.1) is 5.69 Å². The van der Waals surface area contributed by atoms with Crippen LogP contribution in [-0.4, -0.2) is 17.0 Å². The molecule has 3 aromatic rings. The molecule has 1 aliphatic rings. The fourth-order valence-electron chi connectivity index (χ4n) is 2.63. The Kier molecular flexibility index (Phi) is 3.63. The molecule has 114 valence electrons. The van der Waals surface area contributed by atoms with Crippen molar-refractivity contribution in [2.45, 2.75) is 16.5 Å². The van der Waals surface area contributed by atoms with Gasteiger partial charge in [-0.15, -0.1) is 0 Å². The second-order valence-corrected chi connectivity index (χ2v) is 6.49. The number of rotatable bonds is 3. The number of hydrogen-bond donors (Lipinski definition) is 1. The first-order valence-electron chi connectivity index (χ1n) is 7.44. The van der Waals surface area contributed by atoms with Crippen LogP contribution in [0.2, 0.25) is 0 Å². The van der Waals surface area contributed by atoms with Crippen LogP contribution in [0.3, 0.4) is 0 Å². The molecule has 2 heterocycles. The van der Waals surface area contributed by atoms with Crippen molar-refractivity contribution in [1.29, 1.82) is 0 Å². The van der Waals surface area contributed by atoms with E-state index in [2.05, 4.69) is 69.7 Å². The third kappa shape index (κ3) is 2.87. The van der Waals surface area contributed by atoms with Crippen molar-refractivity contribution in [3.05, 3.63) is 66.5 Å². The zero-order chi connectivity index (χ0) is 15.6. The number of aromatic nitrogens is 2. The SMILES string of the molecule is CN(Cc1ccc2c(c1)Nc1nccnc1S2)c1ccccc1. The van der Waals surface area contributed by atoms with Crippen LogP contribution in [0.25, 0.3) is 0 Å². The normalized spacial score (nSPS) is 12.0. The maximum Gasteiger partial charge on any atom is 0.163 e. The average Bonchev–Trinajstić information content (AvgIpc) is 2.60. The van der Waals surface area contributed by atoms with Crippen LogP contribution >= 0.6 is 11.8 Å². The molecular formula is C18H16N4S. The van der Waals surface area contributed by atoms with E-state index < -0.39 is 0 Å². The van der Waals surface area contributed by atoms with Crippen LogP contribution in [0.4, 0.5) is 17.2 Å². The Hall–Kier alpha value is -2.53. The minimum absolute atomic E-state index is 0.832. The van der Waals surface area contributed by atoms with Gasteiger partial charge in [0.25, 0.3) is 0 Å². The molecule has 0 unspecified atom stereocenters. The van der Waals surface area contributed by atoms with Crippen molar-refractivity contribution in [3.63, 3.8) is 0 Å². The van der Waals surface area contributed by atoms with E-state index in [0.717, 1.165) is 23.1 Å². The first-order valence-corrected chi connectivity index (χ1v) is 8.26. The maximum absolute atomic E-state index is 4.36. The molecule has 0 radical (unpaired) electrons. The molecule has 0 bridgehead atoms. The van der Waals surface area contributed by atoms with E-state index in [0.29, 0.717) is 0 Å². The second-order valence-electron chi connectivity index (χ2n) is 5.46. The Morgan fingerprint density at radius 1 is 1.04 bits per heavy atom. The first kappa shape index (κ1) is 14.1. The summed E-state index contributed by atoms with van der Waals surface area (Å²) in [6.45, 7) is 0.858. The third-order valence-electron chi connectivity index (χ3n) is 3.79. The van der Waals surface area contributed by atoms with Gasteiger partial charge in [0.2, 0.25) is 0 Å². The molecule has 1 N–H and O–H groups in total. The molecule has 0 saturated heterocycles. The minimum atomic E-state index is 0.832. The number of benzene rings is 2. The van der Waals surface area contributed by atoms with Gasteiger partial charge in [-0.05, 0) is 29.8 Å². The van der Waals surface area contributed by atoms with Gasteiger partial charge in [-0.1, -0.05) is 36.0 Å². The fourth-order valence-corrected chi connectivity index (χ4v) is 3.51. The molecule has 0 atom stereocenters. The van der Waals surface area contributed by atoms with Crippen LogP contribution in [0.1, 0.15) is 5.56 Å². The lowest BCUT2D eigenvalue weighted by Crippen LogP contribution is -2.16. The van der Waals surface area contributed by atoms with Crippen LogP contribution in [0.15, 0.2) is 70.8 Å². The predicted octanol–water partition coefficient (Wildman–Crippen LogP) is 4.32. The Bertz CT molecular complexity index is 835. The summed E-state index contributed by atoms with van der Waals surface area (Å²) in [6, 6.07) is 16.9. The Balaban J connectivity index is 1.57. The molecule has 2 aromatic carbocycles. The molecule has 1 aliphatic heterocycles. The van der Waals surface area contributed by atoms with E-state index in [4.69, 9.17) is 0 Å². The van der Waals surface area contributed by atoms with Gasteiger partial charge in [0.1, 0.15) is 5.03 Å². The topological polar surface area (TPSA) is 41.0 Å². The fraction of sp³-hybridized carbons (Fsp3) is 0.111. The van der Waals surface area contributed by atoms with Crippen molar-refractivity contribution < 1.29 is 0 Å². The zero-order valence-corrected chi connectivity index (χ0v) is 13.5. The lowest BCUT2D eigenvalue weighted by molar-refractivity contribution is 0.921. The summed E-state index contributed by atoms with van der Waals surface area (Å²) in [4.78, 5) is 12.1. The van der Waals surface area contributed by atoms with Crippen molar-refractivity contribution in [1.82, 2.24) is 9.97 Å². The van der Waals surface area contributed by atoms with Gasteiger partial charge in [0.15, 0.2) is 5.82 Å². The van der Waals surface area contributed by atoms with Crippen LogP contribution in [0.5, 0.6) is 0 Å². The Morgan fingerprint density at radius 3 is 2.74 bits per heavy atom. The number of hydrogen-bond acceptors (Lipinski definition) is 5. The van der Waals surface area contributed by atoms with Crippen molar-refractivity contribution in [2.24, 2.45) is 0 Å². The largest absolute Gasteiger partial charge is 0.370 e. The average molecular weight is 320 g/mol. The number of para-hydroxylation sites is 1. The molecule has 1 aromatic heterocycles. The molecule has 4 nitrogen and oxygen atoms in total. The molecule has 0 amide bonds. The van der Waals surface area contributed by atoms with E-state index in [1.54, 1.807) is 24.2 Å². The van der Waals surface area contributed by atoms with E-state index in [1.807, 2.05) is 6.07 Å². The van der Waals surface area contributed by atoms with Gasteiger partial charge in [-0.3, -0.25) is 0 Å². The van der Waals surface area contributed by atoms with Crippen LogP contribution < -0.4 is 10.2 Å². The summed E-state index contributed by atoms with van der Waals surface area (Å²) in [5, 5.41) is 4.31. The van der Waals surface area contributed by atoms with Crippen molar-refractivity contribution >= 4 is 29.0 Å². The van der Waals surface area contributed by atoms with Gasteiger partial charge in [-0.2, -0.15) is 0 Å². The van der Waals surface area contributed by atoms with E-state index in [9.17, 15) is 0 Å². The number of nitrogens with one attached hydrogen (secondary N) is 1. The van der Waals surface area contributed by atoms with Gasteiger partial charge in [0, 0.05) is 36.6 Å². The highest BCUT2D eigenvalue weighted by Crippen LogP contribution is 2.42. The highest BCUT2D eigenvalue weighted by molar-refractivity contribution is 7.99. The quantitative estimate of drug-likeness (QED) is 0.609. The summed E-state index contributed by atoms with van der Waals surface area (Å²) in [5.41, 5.74) is 3.57. The first-order chi connectivity index (χ1) is 11.3. The van der Waals surface area contributed by atoms with Crippen LogP contribution in [-0.2, 0) is 6.54 Å². The Labute approximate surface area is 139 Å².